The highest BCUT2D eigenvalue weighted by molar-refractivity contribution is 9.10. The number of hydrogen-bond donors (Lipinski definition) is 1. The molecule has 4 heteroatoms. The molecule has 0 spiro atoms. The fraction of sp³-hybridized carbons (Fsp3) is 0.500. The van der Waals surface area contributed by atoms with Crippen molar-refractivity contribution in [3.8, 4) is 0 Å². The van der Waals surface area contributed by atoms with Crippen LogP contribution in [0.4, 0.5) is 0 Å². The SMILES string of the molecule is COC[C@@H](N)c1scc(Br)c1C. The van der Waals surface area contributed by atoms with Gasteiger partial charge in [0.1, 0.15) is 0 Å². The summed E-state index contributed by atoms with van der Waals surface area (Å²) in [5.41, 5.74) is 7.11. The molecule has 1 aromatic heterocycles. The van der Waals surface area contributed by atoms with Gasteiger partial charge in [0.2, 0.25) is 0 Å². The Kier molecular flexibility index (Phi) is 3.71. The normalized spacial score (nSPS) is 13.3. The van der Waals surface area contributed by atoms with Gasteiger partial charge in [0.15, 0.2) is 0 Å². The number of methoxy groups -OCH3 is 1. The van der Waals surface area contributed by atoms with Crippen LogP contribution in [0, 0.1) is 6.92 Å². The number of nitrogens with two attached hydrogens (primary N) is 1. The van der Waals surface area contributed by atoms with Crippen molar-refractivity contribution < 1.29 is 4.74 Å². The van der Waals surface area contributed by atoms with Crippen molar-refractivity contribution >= 4 is 27.3 Å². The van der Waals surface area contributed by atoms with Crippen LogP contribution in [0.15, 0.2) is 9.85 Å². The van der Waals surface area contributed by atoms with E-state index in [1.807, 2.05) is 0 Å². The van der Waals surface area contributed by atoms with Crippen molar-refractivity contribution in [2.45, 2.75) is 13.0 Å². The Labute approximate surface area is 84.9 Å². The third-order valence-electron chi connectivity index (χ3n) is 1.70. The molecule has 0 aliphatic heterocycles. The van der Waals surface area contributed by atoms with Crippen LogP contribution in [-0.2, 0) is 4.74 Å². The van der Waals surface area contributed by atoms with E-state index in [2.05, 4.69) is 28.2 Å². The van der Waals surface area contributed by atoms with Gasteiger partial charge in [0, 0.05) is 21.8 Å². The Morgan fingerprint density at radius 3 is 2.83 bits per heavy atom. The standard InChI is InChI=1S/C8H12BrNOS/c1-5-6(9)4-12-8(5)7(10)3-11-2/h4,7H,3,10H2,1-2H3/t7-/m1/s1. The fourth-order valence-corrected chi connectivity index (χ4v) is 2.59. The lowest BCUT2D eigenvalue weighted by Crippen LogP contribution is -2.15. The van der Waals surface area contributed by atoms with Crippen LogP contribution >= 0.6 is 27.3 Å². The predicted molar refractivity (Wildman–Crippen MR) is 55.6 cm³/mol. The van der Waals surface area contributed by atoms with E-state index in [0.717, 1.165) is 4.47 Å². The van der Waals surface area contributed by atoms with Crippen LogP contribution in [-0.4, -0.2) is 13.7 Å². The first-order valence-electron chi connectivity index (χ1n) is 3.64. The number of hydrogen-bond acceptors (Lipinski definition) is 3. The van der Waals surface area contributed by atoms with Gasteiger partial charge in [-0.1, -0.05) is 0 Å². The maximum atomic E-state index is 5.88. The van der Waals surface area contributed by atoms with Crippen molar-refractivity contribution in [3.05, 3.63) is 20.3 Å². The summed E-state index contributed by atoms with van der Waals surface area (Å²) in [4.78, 5) is 1.20. The van der Waals surface area contributed by atoms with Gasteiger partial charge in [-0.3, -0.25) is 0 Å². The van der Waals surface area contributed by atoms with E-state index in [1.54, 1.807) is 18.4 Å². The predicted octanol–water partition coefficient (Wildman–Crippen LogP) is 2.47. The molecule has 0 aliphatic rings. The van der Waals surface area contributed by atoms with Gasteiger partial charge in [-0.25, -0.2) is 0 Å². The Morgan fingerprint density at radius 1 is 1.75 bits per heavy atom. The van der Waals surface area contributed by atoms with Gasteiger partial charge in [-0.15, -0.1) is 11.3 Å². The molecule has 0 saturated carbocycles. The quantitative estimate of drug-likeness (QED) is 0.894. The van der Waals surface area contributed by atoms with Crippen LogP contribution in [0.25, 0.3) is 0 Å². The molecule has 2 N–H and O–H groups in total. The van der Waals surface area contributed by atoms with Gasteiger partial charge in [-0.2, -0.15) is 0 Å². The second kappa shape index (κ2) is 4.37. The first-order chi connectivity index (χ1) is 5.66. The second-order valence-corrected chi connectivity index (χ2v) is 4.40. The zero-order chi connectivity index (χ0) is 9.14. The van der Waals surface area contributed by atoms with Gasteiger partial charge in [0.25, 0.3) is 0 Å². The average molecular weight is 250 g/mol. The van der Waals surface area contributed by atoms with E-state index >= 15 is 0 Å². The first kappa shape index (κ1) is 10.2. The van der Waals surface area contributed by atoms with Crippen LogP contribution in [0.1, 0.15) is 16.5 Å². The molecule has 1 atom stereocenters. The summed E-state index contributed by atoms with van der Waals surface area (Å²) >= 11 is 5.12. The Bertz CT molecular complexity index is 262. The molecular weight excluding hydrogens is 238 g/mol. The van der Waals surface area contributed by atoms with Gasteiger partial charge < -0.3 is 10.5 Å². The molecule has 0 aromatic carbocycles. The summed E-state index contributed by atoms with van der Waals surface area (Å²) in [7, 11) is 1.66. The molecular formula is C8H12BrNOS. The molecule has 1 aromatic rings. The third-order valence-corrected chi connectivity index (χ3v) is 4.04. The number of rotatable bonds is 3. The molecule has 0 radical (unpaired) electrons. The fourth-order valence-electron chi connectivity index (χ4n) is 1.03. The van der Waals surface area contributed by atoms with Gasteiger partial charge >= 0.3 is 0 Å². The first-order valence-corrected chi connectivity index (χ1v) is 5.32. The molecule has 0 unspecified atom stereocenters. The Hall–Kier alpha value is 0.100. The van der Waals surface area contributed by atoms with Crippen molar-refractivity contribution in [2.75, 3.05) is 13.7 Å². The van der Waals surface area contributed by atoms with Crippen LogP contribution < -0.4 is 5.73 Å². The Balaban J connectivity index is 2.80. The minimum atomic E-state index is 0.00583. The molecule has 68 valence electrons. The molecule has 0 bridgehead atoms. The lowest BCUT2D eigenvalue weighted by Gasteiger charge is -2.08. The molecule has 0 amide bonds. The molecule has 1 heterocycles. The van der Waals surface area contributed by atoms with Crippen LogP contribution in [0.5, 0.6) is 0 Å². The van der Waals surface area contributed by atoms with Crippen LogP contribution in [0.3, 0.4) is 0 Å². The summed E-state index contributed by atoms with van der Waals surface area (Å²) < 4.78 is 6.12. The summed E-state index contributed by atoms with van der Waals surface area (Å²) in [6.45, 7) is 2.64. The number of thiophene rings is 1. The van der Waals surface area contributed by atoms with E-state index < -0.39 is 0 Å². The zero-order valence-corrected chi connectivity index (χ0v) is 9.54. The lowest BCUT2D eigenvalue weighted by atomic mass is 10.2. The lowest BCUT2D eigenvalue weighted by molar-refractivity contribution is 0.181. The van der Waals surface area contributed by atoms with Gasteiger partial charge in [-0.05, 0) is 28.4 Å². The highest BCUT2D eigenvalue weighted by Crippen LogP contribution is 2.30. The topological polar surface area (TPSA) is 35.2 Å². The van der Waals surface area contributed by atoms with Crippen LogP contribution in [0.2, 0.25) is 0 Å². The molecule has 0 aliphatic carbocycles. The average Bonchev–Trinajstić information content (AvgIpc) is 2.34. The van der Waals surface area contributed by atoms with E-state index in [4.69, 9.17) is 10.5 Å². The minimum absolute atomic E-state index is 0.00583. The highest BCUT2D eigenvalue weighted by atomic mass is 79.9. The number of ether oxygens (including phenoxy) is 1. The maximum Gasteiger partial charge on any atom is 0.0663 e. The zero-order valence-electron chi connectivity index (χ0n) is 7.13. The van der Waals surface area contributed by atoms with Crippen molar-refractivity contribution in [2.24, 2.45) is 5.73 Å². The Morgan fingerprint density at radius 2 is 2.42 bits per heavy atom. The second-order valence-electron chi connectivity index (χ2n) is 2.63. The third kappa shape index (κ3) is 2.07. The molecule has 2 nitrogen and oxygen atoms in total. The monoisotopic (exact) mass is 249 g/mol. The molecule has 0 saturated heterocycles. The summed E-state index contributed by atoms with van der Waals surface area (Å²) in [6.07, 6.45) is 0. The molecule has 12 heavy (non-hydrogen) atoms. The van der Waals surface area contributed by atoms with Crippen molar-refractivity contribution in [3.63, 3.8) is 0 Å². The largest absolute Gasteiger partial charge is 0.383 e. The summed E-state index contributed by atoms with van der Waals surface area (Å²) in [6, 6.07) is 0.00583. The van der Waals surface area contributed by atoms with E-state index in [9.17, 15) is 0 Å². The van der Waals surface area contributed by atoms with Crippen molar-refractivity contribution in [1.82, 2.24) is 0 Å². The van der Waals surface area contributed by atoms with Gasteiger partial charge in [0.05, 0.1) is 12.6 Å². The molecule has 1 rings (SSSR count). The van der Waals surface area contributed by atoms with E-state index in [0.29, 0.717) is 6.61 Å². The summed E-state index contributed by atoms with van der Waals surface area (Å²) in [5.74, 6) is 0. The highest BCUT2D eigenvalue weighted by Gasteiger charge is 2.12. The van der Waals surface area contributed by atoms with E-state index in [1.165, 1.54) is 10.4 Å². The van der Waals surface area contributed by atoms with E-state index in [-0.39, 0.29) is 6.04 Å². The maximum absolute atomic E-state index is 5.88. The van der Waals surface area contributed by atoms with Crippen molar-refractivity contribution in [1.29, 1.82) is 0 Å². The summed E-state index contributed by atoms with van der Waals surface area (Å²) in [5, 5.41) is 2.06. The smallest absolute Gasteiger partial charge is 0.0663 e. The minimum Gasteiger partial charge on any atom is -0.383 e. The molecule has 0 fully saturated rings. The number of halogens is 1.